The highest BCUT2D eigenvalue weighted by atomic mass is 16.6. The molecule has 0 unspecified atom stereocenters. The Labute approximate surface area is 196 Å². The molecule has 2 aromatic carbocycles. The van der Waals surface area contributed by atoms with Gasteiger partial charge in [0.1, 0.15) is 19.3 Å². The van der Waals surface area contributed by atoms with E-state index < -0.39 is 6.04 Å². The van der Waals surface area contributed by atoms with Gasteiger partial charge in [-0.2, -0.15) is 0 Å². The number of fused-ring (bicyclic) bond motifs is 1. The zero-order valence-corrected chi connectivity index (χ0v) is 19.4. The third kappa shape index (κ3) is 6.06. The van der Waals surface area contributed by atoms with Gasteiger partial charge in [-0.1, -0.05) is 56.2 Å². The van der Waals surface area contributed by atoms with Crippen molar-refractivity contribution >= 4 is 11.8 Å². The molecule has 4 rings (SSSR count). The number of ether oxygens (including phenoxy) is 2. The predicted octanol–water partition coefficient (Wildman–Crippen LogP) is 4.26. The Hall–Kier alpha value is -3.02. The molecule has 176 valence electrons. The fraction of sp³-hybridized carbons (Fsp3) is 0.481. The first-order valence-corrected chi connectivity index (χ1v) is 12.2. The highest BCUT2D eigenvalue weighted by Gasteiger charge is 2.30. The van der Waals surface area contributed by atoms with Crippen LogP contribution in [0.5, 0.6) is 11.5 Å². The lowest BCUT2D eigenvalue weighted by molar-refractivity contribution is -0.141. The second kappa shape index (κ2) is 11.2. The van der Waals surface area contributed by atoms with Crippen molar-refractivity contribution in [1.29, 1.82) is 0 Å². The van der Waals surface area contributed by atoms with Crippen molar-refractivity contribution in [2.24, 2.45) is 0 Å². The molecule has 1 N–H and O–H groups in total. The first-order chi connectivity index (χ1) is 16.1. The second-order valence-corrected chi connectivity index (χ2v) is 8.90. The highest BCUT2D eigenvalue weighted by Crippen LogP contribution is 2.31. The van der Waals surface area contributed by atoms with E-state index in [-0.39, 0.29) is 17.9 Å². The third-order valence-corrected chi connectivity index (χ3v) is 6.52. The molecule has 2 aromatic rings. The van der Waals surface area contributed by atoms with E-state index in [1.165, 1.54) is 0 Å². The number of benzene rings is 2. The van der Waals surface area contributed by atoms with Crippen LogP contribution < -0.4 is 14.8 Å². The van der Waals surface area contributed by atoms with Crippen molar-refractivity contribution in [2.75, 3.05) is 13.2 Å². The van der Waals surface area contributed by atoms with Gasteiger partial charge in [0, 0.05) is 19.0 Å². The zero-order chi connectivity index (χ0) is 23.0. The maximum Gasteiger partial charge on any atom is 0.243 e. The molecule has 1 fully saturated rings. The molecule has 0 spiro atoms. The fourth-order valence-electron chi connectivity index (χ4n) is 4.71. The summed E-state index contributed by atoms with van der Waals surface area (Å²) in [5.41, 5.74) is 2.05. The number of nitrogens with zero attached hydrogens (tertiary/aromatic N) is 1. The van der Waals surface area contributed by atoms with Crippen LogP contribution in [0.3, 0.4) is 0 Å². The number of amides is 2. The first-order valence-electron chi connectivity index (χ1n) is 12.2. The van der Waals surface area contributed by atoms with Crippen LogP contribution in [0, 0.1) is 0 Å². The number of rotatable bonds is 9. The van der Waals surface area contributed by atoms with Gasteiger partial charge in [-0.15, -0.1) is 0 Å². The molecule has 0 bridgehead atoms. The zero-order valence-electron chi connectivity index (χ0n) is 19.4. The van der Waals surface area contributed by atoms with E-state index in [0.717, 1.165) is 48.3 Å². The number of carbonyl (C=O) groups is 2. The van der Waals surface area contributed by atoms with Crippen LogP contribution in [0.1, 0.15) is 56.6 Å². The Kier molecular flexibility index (Phi) is 7.87. The minimum Gasteiger partial charge on any atom is -0.486 e. The highest BCUT2D eigenvalue weighted by molar-refractivity contribution is 5.88. The number of hydrogen-bond donors (Lipinski definition) is 1. The van der Waals surface area contributed by atoms with Crippen molar-refractivity contribution in [1.82, 2.24) is 10.2 Å². The van der Waals surface area contributed by atoms with Gasteiger partial charge in [0.05, 0.1) is 0 Å². The normalized spacial score (nSPS) is 16.3. The maximum absolute atomic E-state index is 13.4. The van der Waals surface area contributed by atoms with Crippen molar-refractivity contribution in [3.63, 3.8) is 0 Å². The molecule has 0 radical (unpaired) electrons. The summed E-state index contributed by atoms with van der Waals surface area (Å²) in [6.07, 6.45) is 5.87. The summed E-state index contributed by atoms with van der Waals surface area (Å²) < 4.78 is 11.3. The number of carbonyl (C=O) groups excluding carboxylic acids is 2. The molecule has 1 atom stereocenters. The molecule has 1 aliphatic heterocycles. The van der Waals surface area contributed by atoms with Gasteiger partial charge in [0.25, 0.3) is 0 Å². The van der Waals surface area contributed by atoms with Crippen LogP contribution in [-0.2, 0) is 22.6 Å². The molecule has 0 aromatic heterocycles. The largest absolute Gasteiger partial charge is 0.486 e. The van der Waals surface area contributed by atoms with Crippen molar-refractivity contribution in [3.05, 3.63) is 59.7 Å². The number of nitrogens with one attached hydrogen (secondary N) is 1. The Morgan fingerprint density at radius 2 is 1.73 bits per heavy atom. The van der Waals surface area contributed by atoms with Gasteiger partial charge in [0.15, 0.2) is 11.5 Å². The fourth-order valence-corrected chi connectivity index (χ4v) is 4.71. The summed E-state index contributed by atoms with van der Waals surface area (Å²) in [6, 6.07) is 15.5. The molecule has 1 aliphatic carbocycles. The van der Waals surface area contributed by atoms with E-state index in [2.05, 4.69) is 5.32 Å². The van der Waals surface area contributed by atoms with Crippen LogP contribution in [0.2, 0.25) is 0 Å². The summed E-state index contributed by atoms with van der Waals surface area (Å²) in [4.78, 5) is 28.4. The number of aryl methyl sites for hydroxylation is 1. The Bertz CT molecular complexity index is 940. The minimum atomic E-state index is -0.474. The first kappa shape index (κ1) is 23.1. The molecule has 1 saturated carbocycles. The molecule has 6 nitrogen and oxygen atoms in total. The van der Waals surface area contributed by atoms with Crippen LogP contribution in [-0.4, -0.2) is 42.0 Å². The van der Waals surface area contributed by atoms with Gasteiger partial charge in [-0.25, -0.2) is 0 Å². The van der Waals surface area contributed by atoms with Crippen LogP contribution in [0.25, 0.3) is 0 Å². The van der Waals surface area contributed by atoms with Crippen LogP contribution >= 0.6 is 0 Å². The summed E-state index contributed by atoms with van der Waals surface area (Å²) in [7, 11) is 0. The van der Waals surface area contributed by atoms with E-state index in [4.69, 9.17) is 9.47 Å². The minimum absolute atomic E-state index is 0.0119. The third-order valence-electron chi connectivity index (χ3n) is 6.52. The van der Waals surface area contributed by atoms with Crippen molar-refractivity contribution < 1.29 is 19.1 Å². The summed E-state index contributed by atoms with van der Waals surface area (Å²) in [5.74, 6) is 1.43. The van der Waals surface area contributed by atoms with Crippen LogP contribution in [0.4, 0.5) is 0 Å². The molecule has 2 aliphatic rings. The topological polar surface area (TPSA) is 67.9 Å². The Morgan fingerprint density at radius 1 is 1.00 bits per heavy atom. The maximum atomic E-state index is 13.4. The van der Waals surface area contributed by atoms with Crippen molar-refractivity contribution in [2.45, 2.75) is 70.5 Å². The smallest absolute Gasteiger partial charge is 0.243 e. The van der Waals surface area contributed by atoms with Crippen molar-refractivity contribution in [3.8, 4) is 11.5 Å². The SMILES string of the molecule is CC[C@H](C(=O)NC1CCCC1)N(Cc1ccccc1)C(=O)CCc1ccc2c(c1)OCCO2. The molecule has 0 saturated heterocycles. The second-order valence-electron chi connectivity index (χ2n) is 8.90. The lowest BCUT2D eigenvalue weighted by Gasteiger charge is -2.31. The van der Waals surface area contributed by atoms with E-state index >= 15 is 0 Å². The number of hydrogen-bond acceptors (Lipinski definition) is 4. The summed E-state index contributed by atoms with van der Waals surface area (Å²) in [5, 5.41) is 3.20. The van der Waals surface area contributed by atoms with E-state index in [1.807, 2.05) is 55.5 Å². The molecule has 6 heteroatoms. The molecular weight excluding hydrogens is 416 g/mol. The van der Waals surface area contributed by atoms with Gasteiger partial charge in [-0.3, -0.25) is 9.59 Å². The summed E-state index contributed by atoms with van der Waals surface area (Å²) >= 11 is 0. The molecule has 2 amide bonds. The molecular formula is C27H34N2O4. The van der Waals surface area contributed by atoms with Crippen LogP contribution in [0.15, 0.2) is 48.5 Å². The Morgan fingerprint density at radius 3 is 2.45 bits per heavy atom. The monoisotopic (exact) mass is 450 g/mol. The van der Waals surface area contributed by atoms with E-state index in [0.29, 0.717) is 39.0 Å². The van der Waals surface area contributed by atoms with Gasteiger partial charge in [0.2, 0.25) is 11.8 Å². The average molecular weight is 451 g/mol. The predicted molar refractivity (Wildman–Crippen MR) is 127 cm³/mol. The Balaban J connectivity index is 1.46. The molecule has 1 heterocycles. The summed E-state index contributed by atoms with van der Waals surface area (Å²) in [6.45, 7) is 3.50. The lowest BCUT2D eigenvalue weighted by atomic mass is 10.0. The lowest BCUT2D eigenvalue weighted by Crippen LogP contribution is -2.51. The van der Waals surface area contributed by atoms with Gasteiger partial charge >= 0.3 is 0 Å². The van der Waals surface area contributed by atoms with E-state index in [1.54, 1.807) is 4.90 Å². The van der Waals surface area contributed by atoms with E-state index in [9.17, 15) is 9.59 Å². The standard InChI is InChI=1S/C27H34N2O4/c1-2-23(27(31)28-22-10-6-7-11-22)29(19-21-8-4-3-5-9-21)26(30)15-13-20-12-14-24-25(18-20)33-17-16-32-24/h3-5,8-9,12,14,18,22-23H,2,6-7,10-11,13,15-17,19H2,1H3,(H,28,31)/t23-/m1/s1. The quantitative estimate of drug-likeness (QED) is 0.620. The molecule has 33 heavy (non-hydrogen) atoms. The average Bonchev–Trinajstić information content (AvgIpc) is 3.36. The van der Waals surface area contributed by atoms with Gasteiger partial charge in [-0.05, 0) is 48.9 Å². The van der Waals surface area contributed by atoms with Gasteiger partial charge < -0.3 is 19.7 Å².